The molecule has 0 aliphatic carbocycles. The van der Waals surface area contributed by atoms with Crippen LogP contribution in [0.25, 0.3) is 0 Å². The maximum atomic E-state index is 12.0. The van der Waals surface area contributed by atoms with E-state index in [0.717, 1.165) is 38.5 Å². The van der Waals surface area contributed by atoms with Crippen LogP contribution in [0.4, 0.5) is 0 Å². The van der Waals surface area contributed by atoms with Crippen molar-refractivity contribution >= 4 is 20.2 Å². The van der Waals surface area contributed by atoms with Crippen LogP contribution in [0, 0.1) is 0 Å². The minimum Gasteiger partial charge on any atom is -0.297 e. The third kappa shape index (κ3) is 24.3. The van der Waals surface area contributed by atoms with Crippen molar-refractivity contribution in [2.24, 2.45) is 0 Å². The van der Waals surface area contributed by atoms with Crippen molar-refractivity contribution in [2.45, 2.75) is 179 Å². The lowest BCUT2D eigenvalue weighted by molar-refractivity contribution is 0.393. The minimum atomic E-state index is -4.74. The summed E-state index contributed by atoms with van der Waals surface area (Å²) in [5.74, 6) is 0. The summed E-state index contributed by atoms with van der Waals surface area (Å²) in [6.45, 7) is 4.94. The molecule has 0 radical (unpaired) electrons. The molecule has 0 aliphatic heterocycles. The molecule has 0 saturated carbocycles. The minimum absolute atomic E-state index is 0.244. The van der Waals surface area contributed by atoms with E-state index in [1.807, 2.05) is 0 Å². The zero-order chi connectivity index (χ0) is 30.0. The van der Waals surface area contributed by atoms with Gasteiger partial charge in [0.15, 0.2) is 10.7 Å². The standard InChI is InChI=1S/C30H64N2O6S2/c1-3-5-7-9-11-13-15-17-19-21-23-25-27-31-29(39(33,34)35)30(40(36,37)38)32-28-26-24-22-20-18-16-14-12-10-8-6-4-2/h29-32H,3-28H2,1-2H3,(H,33,34,35)(H,36,37,38). The lowest BCUT2D eigenvalue weighted by atomic mass is 10.1. The highest BCUT2D eigenvalue weighted by Crippen LogP contribution is 2.14. The molecule has 0 heterocycles. The van der Waals surface area contributed by atoms with Gasteiger partial charge < -0.3 is 0 Å². The number of hydrogen-bond donors (Lipinski definition) is 4. The summed E-state index contributed by atoms with van der Waals surface area (Å²) in [6, 6.07) is 0. The molecule has 0 aliphatic rings. The van der Waals surface area contributed by atoms with Crippen molar-refractivity contribution in [3.05, 3.63) is 0 Å². The highest BCUT2D eigenvalue weighted by molar-refractivity contribution is 7.90. The monoisotopic (exact) mass is 612 g/mol. The second-order valence-electron chi connectivity index (χ2n) is 11.6. The maximum Gasteiger partial charge on any atom is 0.283 e. The first-order chi connectivity index (χ1) is 19.1. The molecular weight excluding hydrogens is 548 g/mol. The average molecular weight is 613 g/mol. The molecule has 0 bridgehead atoms. The zero-order valence-corrected chi connectivity index (χ0v) is 27.5. The molecule has 2 unspecified atom stereocenters. The van der Waals surface area contributed by atoms with Gasteiger partial charge in [-0.25, -0.2) is 0 Å². The molecule has 10 heteroatoms. The number of nitrogens with one attached hydrogen (secondary N) is 2. The normalized spacial score (nSPS) is 14.0. The van der Waals surface area contributed by atoms with Crippen LogP contribution in [0.3, 0.4) is 0 Å². The van der Waals surface area contributed by atoms with Crippen molar-refractivity contribution in [2.75, 3.05) is 13.1 Å². The Morgan fingerprint density at radius 3 is 0.800 bits per heavy atom. The van der Waals surface area contributed by atoms with Crippen LogP contribution < -0.4 is 10.6 Å². The molecule has 2 atom stereocenters. The van der Waals surface area contributed by atoms with Gasteiger partial charge in [0.25, 0.3) is 20.2 Å². The molecule has 0 aromatic carbocycles. The molecular formula is C30H64N2O6S2. The van der Waals surface area contributed by atoms with Gasteiger partial charge >= 0.3 is 0 Å². The van der Waals surface area contributed by atoms with Crippen LogP contribution in [0.1, 0.15) is 168 Å². The molecule has 0 amide bonds. The topological polar surface area (TPSA) is 133 Å². The van der Waals surface area contributed by atoms with E-state index in [4.69, 9.17) is 0 Å². The summed E-state index contributed by atoms with van der Waals surface area (Å²) >= 11 is 0. The smallest absolute Gasteiger partial charge is 0.283 e. The second-order valence-corrected chi connectivity index (χ2v) is 14.6. The van der Waals surface area contributed by atoms with Gasteiger partial charge in [0, 0.05) is 0 Å². The van der Waals surface area contributed by atoms with E-state index >= 15 is 0 Å². The molecule has 40 heavy (non-hydrogen) atoms. The Bertz CT molecular complexity index is 698. The molecule has 0 aromatic heterocycles. The Balaban J connectivity index is 4.16. The van der Waals surface area contributed by atoms with Crippen LogP contribution in [0.5, 0.6) is 0 Å². The quantitative estimate of drug-likeness (QED) is 0.0457. The Morgan fingerprint density at radius 2 is 0.600 bits per heavy atom. The van der Waals surface area contributed by atoms with E-state index in [2.05, 4.69) is 24.5 Å². The van der Waals surface area contributed by atoms with Crippen LogP contribution in [0.15, 0.2) is 0 Å². The van der Waals surface area contributed by atoms with Crippen molar-refractivity contribution in [3.63, 3.8) is 0 Å². The summed E-state index contributed by atoms with van der Waals surface area (Å²) in [5.41, 5.74) is 0. The van der Waals surface area contributed by atoms with Crippen molar-refractivity contribution in [1.29, 1.82) is 0 Å². The van der Waals surface area contributed by atoms with Gasteiger partial charge in [-0.05, 0) is 25.9 Å². The van der Waals surface area contributed by atoms with Crippen molar-refractivity contribution < 1.29 is 25.9 Å². The number of hydrogen-bond acceptors (Lipinski definition) is 6. The van der Waals surface area contributed by atoms with Gasteiger partial charge in [0.05, 0.1) is 0 Å². The summed E-state index contributed by atoms with van der Waals surface area (Å²) in [4.78, 5) is 0. The molecule has 8 nitrogen and oxygen atoms in total. The summed E-state index contributed by atoms with van der Waals surface area (Å²) in [5, 5.41) is 1.69. The lowest BCUT2D eigenvalue weighted by Gasteiger charge is -2.24. The fourth-order valence-electron chi connectivity index (χ4n) is 5.16. The van der Waals surface area contributed by atoms with Gasteiger partial charge in [-0.15, -0.1) is 0 Å². The summed E-state index contributed by atoms with van der Waals surface area (Å²) in [7, 11) is -9.49. The van der Waals surface area contributed by atoms with Crippen LogP contribution in [-0.2, 0) is 20.2 Å². The van der Waals surface area contributed by atoms with E-state index in [1.54, 1.807) is 0 Å². The Labute approximate surface area is 248 Å². The van der Waals surface area contributed by atoms with Crippen LogP contribution in [-0.4, -0.2) is 49.8 Å². The van der Waals surface area contributed by atoms with Gasteiger partial charge in [-0.3, -0.25) is 19.7 Å². The van der Waals surface area contributed by atoms with Gasteiger partial charge in [-0.2, -0.15) is 16.8 Å². The highest BCUT2D eigenvalue weighted by Gasteiger charge is 2.39. The predicted molar refractivity (Wildman–Crippen MR) is 169 cm³/mol. The van der Waals surface area contributed by atoms with Crippen molar-refractivity contribution in [1.82, 2.24) is 10.6 Å². The van der Waals surface area contributed by atoms with Crippen LogP contribution in [0.2, 0.25) is 0 Å². The Kier molecular flexibility index (Phi) is 26.2. The zero-order valence-electron chi connectivity index (χ0n) is 25.9. The molecule has 242 valence electrons. The predicted octanol–water partition coefficient (Wildman–Crippen LogP) is 8.00. The first kappa shape index (κ1) is 39.7. The number of unbranched alkanes of at least 4 members (excludes halogenated alkanes) is 22. The average Bonchev–Trinajstić information content (AvgIpc) is 2.88. The Hall–Kier alpha value is -0.260. The molecule has 4 N–H and O–H groups in total. The van der Waals surface area contributed by atoms with Crippen LogP contribution >= 0.6 is 0 Å². The van der Waals surface area contributed by atoms with E-state index in [1.165, 1.54) is 103 Å². The maximum absolute atomic E-state index is 12.0. The lowest BCUT2D eigenvalue weighted by Crippen LogP contribution is -2.56. The van der Waals surface area contributed by atoms with E-state index in [-0.39, 0.29) is 13.1 Å². The van der Waals surface area contributed by atoms with Gasteiger partial charge in [0.2, 0.25) is 0 Å². The van der Waals surface area contributed by atoms with Gasteiger partial charge in [-0.1, -0.05) is 155 Å². The largest absolute Gasteiger partial charge is 0.297 e. The molecule has 0 aromatic rings. The number of rotatable bonds is 31. The van der Waals surface area contributed by atoms with Crippen molar-refractivity contribution in [3.8, 4) is 0 Å². The van der Waals surface area contributed by atoms with Gasteiger partial charge in [0.1, 0.15) is 0 Å². The summed E-state index contributed by atoms with van der Waals surface area (Å²) in [6.07, 6.45) is 28.0. The fraction of sp³-hybridized carbons (Fsp3) is 1.00. The van der Waals surface area contributed by atoms with E-state index in [9.17, 15) is 25.9 Å². The first-order valence-electron chi connectivity index (χ1n) is 16.5. The SMILES string of the molecule is CCCCCCCCCCCCCCNC(C(NCCCCCCCCCCCCCC)S(=O)(=O)O)S(=O)(=O)O. The third-order valence-corrected chi connectivity index (χ3v) is 10.0. The highest BCUT2D eigenvalue weighted by atomic mass is 32.2. The molecule has 0 fully saturated rings. The van der Waals surface area contributed by atoms with E-state index < -0.39 is 31.0 Å². The Morgan fingerprint density at radius 1 is 0.400 bits per heavy atom. The third-order valence-electron chi connectivity index (χ3n) is 7.67. The molecule has 0 spiro atoms. The first-order valence-corrected chi connectivity index (χ1v) is 19.5. The fourth-order valence-corrected chi connectivity index (χ4v) is 7.47. The van der Waals surface area contributed by atoms with E-state index in [0.29, 0.717) is 12.8 Å². The molecule has 0 saturated heterocycles. The summed E-state index contributed by atoms with van der Waals surface area (Å²) < 4.78 is 67.3. The molecule has 0 rings (SSSR count). The second kappa shape index (κ2) is 26.4.